The molecule has 1 amide bonds. The van der Waals surface area contributed by atoms with Crippen molar-refractivity contribution in [3.05, 3.63) is 58.3 Å². The van der Waals surface area contributed by atoms with Gasteiger partial charge in [-0.25, -0.2) is 4.39 Å². The fraction of sp³-hybridized carbons (Fsp3) is 0.133. The number of carbonyl (C=O) groups excluding carboxylic acids is 1. The van der Waals surface area contributed by atoms with Crippen molar-refractivity contribution in [3.8, 4) is 5.75 Å². The fourth-order valence-electron chi connectivity index (χ4n) is 1.78. The van der Waals surface area contributed by atoms with Crippen molar-refractivity contribution in [2.45, 2.75) is 0 Å². The Labute approximate surface area is 125 Å². The second kappa shape index (κ2) is 6.05. The predicted octanol–water partition coefficient (Wildman–Crippen LogP) is 3.87. The molecule has 0 heterocycles. The maximum Gasteiger partial charge on any atom is 0.259 e. The SMILES string of the molecule is COc1ccc(Br)c(C(=O)N(C)c2cccc(F)c2)c1. The summed E-state index contributed by atoms with van der Waals surface area (Å²) in [6, 6.07) is 11.0. The first-order chi connectivity index (χ1) is 9.52. The number of anilines is 1. The van der Waals surface area contributed by atoms with E-state index >= 15 is 0 Å². The van der Waals surface area contributed by atoms with Gasteiger partial charge < -0.3 is 9.64 Å². The van der Waals surface area contributed by atoms with Gasteiger partial charge in [0.05, 0.1) is 12.7 Å². The van der Waals surface area contributed by atoms with E-state index < -0.39 is 0 Å². The molecular formula is C15H13BrFNO2. The second-order valence-corrected chi connectivity index (χ2v) is 5.04. The molecule has 5 heteroatoms. The van der Waals surface area contributed by atoms with Crippen LogP contribution in [0, 0.1) is 5.82 Å². The van der Waals surface area contributed by atoms with Crippen LogP contribution in [0.2, 0.25) is 0 Å². The molecule has 0 aliphatic rings. The molecule has 0 aliphatic carbocycles. The van der Waals surface area contributed by atoms with E-state index in [0.717, 1.165) is 0 Å². The zero-order valence-electron chi connectivity index (χ0n) is 11.1. The Kier molecular flexibility index (Phi) is 4.39. The smallest absolute Gasteiger partial charge is 0.259 e. The highest BCUT2D eigenvalue weighted by molar-refractivity contribution is 9.10. The highest BCUT2D eigenvalue weighted by Gasteiger charge is 2.17. The molecule has 104 valence electrons. The summed E-state index contributed by atoms with van der Waals surface area (Å²) in [6.07, 6.45) is 0. The molecule has 0 atom stereocenters. The topological polar surface area (TPSA) is 29.5 Å². The number of halogens is 2. The summed E-state index contributed by atoms with van der Waals surface area (Å²) >= 11 is 3.34. The average Bonchev–Trinajstić information content (AvgIpc) is 2.46. The van der Waals surface area contributed by atoms with Crippen molar-refractivity contribution in [3.63, 3.8) is 0 Å². The van der Waals surface area contributed by atoms with E-state index in [0.29, 0.717) is 21.5 Å². The molecule has 0 aliphatic heterocycles. The highest BCUT2D eigenvalue weighted by atomic mass is 79.9. The quantitative estimate of drug-likeness (QED) is 0.850. The van der Waals surface area contributed by atoms with Gasteiger partial charge in [0.2, 0.25) is 0 Å². The molecule has 0 saturated heterocycles. The molecular weight excluding hydrogens is 325 g/mol. The third-order valence-electron chi connectivity index (χ3n) is 2.90. The number of nitrogens with zero attached hydrogens (tertiary/aromatic N) is 1. The number of ether oxygens (including phenoxy) is 1. The molecule has 0 unspecified atom stereocenters. The first-order valence-electron chi connectivity index (χ1n) is 5.90. The summed E-state index contributed by atoms with van der Waals surface area (Å²) in [6.45, 7) is 0. The van der Waals surface area contributed by atoms with Crippen LogP contribution in [0.4, 0.5) is 10.1 Å². The van der Waals surface area contributed by atoms with Crippen molar-refractivity contribution in [2.24, 2.45) is 0 Å². The van der Waals surface area contributed by atoms with Crippen LogP contribution < -0.4 is 9.64 Å². The summed E-state index contributed by atoms with van der Waals surface area (Å²) < 4.78 is 19.0. The van der Waals surface area contributed by atoms with Gasteiger partial charge in [-0.15, -0.1) is 0 Å². The average molecular weight is 338 g/mol. The lowest BCUT2D eigenvalue weighted by Gasteiger charge is -2.18. The van der Waals surface area contributed by atoms with Crippen molar-refractivity contribution < 1.29 is 13.9 Å². The number of hydrogen-bond donors (Lipinski definition) is 0. The predicted molar refractivity (Wildman–Crippen MR) is 79.8 cm³/mol. The van der Waals surface area contributed by atoms with Gasteiger partial charge in [-0.2, -0.15) is 0 Å². The van der Waals surface area contributed by atoms with Gasteiger partial charge in [0.1, 0.15) is 11.6 Å². The molecule has 2 aromatic carbocycles. The Morgan fingerprint density at radius 1 is 1.25 bits per heavy atom. The van der Waals surface area contributed by atoms with Crippen molar-refractivity contribution in [1.29, 1.82) is 0 Å². The Bertz CT molecular complexity index is 646. The van der Waals surface area contributed by atoms with Crippen LogP contribution >= 0.6 is 15.9 Å². The van der Waals surface area contributed by atoms with E-state index in [4.69, 9.17) is 4.74 Å². The van der Waals surface area contributed by atoms with E-state index in [2.05, 4.69) is 15.9 Å². The molecule has 20 heavy (non-hydrogen) atoms. The summed E-state index contributed by atoms with van der Waals surface area (Å²) in [4.78, 5) is 13.9. The van der Waals surface area contributed by atoms with Gasteiger partial charge in [0, 0.05) is 17.2 Å². The van der Waals surface area contributed by atoms with Crippen LogP contribution in [0.15, 0.2) is 46.9 Å². The van der Waals surface area contributed by atoms with Gasteiger partial charge in [0.25, 0.3) is 5.91 Å². The summed E-state index contributed by atoms with van der Waals surface area (Å²) in [5.41, 5.74) is 0.945. The third-order valence-corrected chi connectivity index (χ3v) is 3.60. The largest absolute Gasteiger partial charge is 0.497 e. The van der Waals surface area contributed by atoms with Crippen molar-refractivity contribution in [2.75, 3.05) is 19.1 Å². The zero-order chi connectivity index (χ0) is 14.7. The number of amides is 1. The molecule has 2 rings (SSSR count). The summed E-state index contributed by atoms with van der Waals surface area (Å²) in [5, 5.41) is 0. The molecule has 0 radical (unpaired) electrons. The normalized spacial score (nSPS) is 10.2. The highest BCUT2D eigenvalue weighted by Crippen LogP contribution is 2.25. The minimum absolute atomic E-state index is 0.249. The van der Waals surface area contributed by atoms with Crippen LogP contribution in [-0.4, -0.2) is 20.1 Å². The minimum atomic E-state index is -0.383. The molecule has 0 aromatic heterocycles. The van der Waals surface area contributed by atoms with E-state index in [1.807, 2.05) is 0 Å². The van der Waals surface area contributed by atoms with Gasteiger partial charge in [-0.05, 0) is 52.3 Å². The monoisotopic (exact) mass is 337 g/mol. The third kappa shape index (κ3) is 2.99. The van der Waals surface area contributed by atoms with Gasteiger partial charge in [0.15, 0.2) is 0 Å². The van der Waals surface area contributed by atoms with Gasteiger partial charge in [-0.1, -0.05) is 6.07 Å². The Morgan fingerprint density at radius 2 is 2.00 bits per heavy atom. The minimum Gasteiger partial charge on any atom is -0.497 e. The summed E-state index contributed by atoms with van der Waals surface area (Å²) in [5.74, 6) is -0.0441. The molecule has 0 bridgehead atoms. The standard InChI is InChI=1S/C15H13BrFNO2/c1-18(11-5-3-4-10(17)8-11)15(19)13-9-12(20-2)6-7-14(13)16/h3-9H,1-2H3. The van der Waals surface area contributed by atoms with E-state index in [-0.39, 0.29) is 11.7 Å². The number of benzene rings is 2. The van der Waals surface area contributed by atoms with Crippen LogP contribution in [0.5, 0.6) is 5.75 Å². The Hall–Kier alpha value is -1.88. The van der Waals surface area contributed by atoms with E-state index in [1.54, 1.807) is 37.4 Å². The maximum atomic E-state index is 13.2. The molecule has 3 nitrogen and oxygen atoms in total. The lowest BCUT2D eigenvalue weighted by atomic mass is 10.1. The fourth-order valence-corrected chi connectivity index (χ4v) is 2.19. The lowest BCUT2D eigenvalue weighted by molar-refractivity contribution is 0.0992. The first kappa shape index (κ1) is 14.5. The van der Waals surface area contributed by atoms with Crippen LogP contribution in [0.3, 0.4) is 0 Å². The Morgan fingerprint density at radius 3 is 2.65 bits per heavy atom. The molecule has 2 aromatic rings. The molecule has 0 N–H and O–H groups in total. The van der Waals surface area contributed by atoms with Crippen molar-refractivity contribution in [1.82, 2.24) is 0 Å². The Balaban J connectivity index is 2.36. The lowest BCUT2D eigenvalue weighted by Crippen LogP contribution is -2.26. The van der Waals surface area contributed by atoms with Gasteiger partial charge in [-0.3, -0.25) is 4.79 Å². The number of hydrogen-bond acceptors (Lipinski definition) is 2. The zero-order valence-corrected chi connectivity index (χ0v) is 12.6. The first-order valence-corrected chi connectivity index (χ1v) is 6.69. The summed E-state index contributed by atoms with van der Waals surface area (Å²) in [7, 11) is 3.14. The maximum absolute atomic E-state index is 13.2. The van der Waals surface area contributed by atoms with E-state index in [9.17, 15) is 9.18 Å². The number of carbonyl (C=O) groups is 1. The molecule has 0 saturated carbocycles. The van der Waals surface area contributed by atoms with E-state index in [1.165, 1.54) is 24.1 Å². The molecule has 0 fully saturated rings. The van der Waals surface area contributed by atoms with Crippen LogP contribution in [0.1, 0.15) is 10.4 Å². The number of methoxy groups -OCH3 is 1. The van der Waals surface area contributed by atoms with Gasteiger partial charge >= 0.3 is 0 Å². The van der Waals surface area contributed by atoms with Crippen LogP contribution in [-0.2, 0) is 0 Å². The number of rotatable bonds is 3. The molecule has 0 spiro atoms. The second-order valence-electron chi connectivity index (χ2n) is 4.19. The van der Waals surface area contributed by atoms with Crippen LogP contribution in [0.25, 0.3) is 0 Å². The van der Waals surface area contributed by atoms with Crippen molar-refractivity contribution >= 4 is 27.5 Å².